The van der Waals surface area contributed by atoms with Gasteiger partial charge in [0.1, 0.15) is 5.75 Å². The zero-order chi connectivity index (χ0) is 24.6. The first-order valence-electron chi connectivity index (χ1n) is 11.6. The van der Waals surface area contributed by atoms with Gasteiger partial charge < -0.3 is 14.7 Å². The lowest BCUT2D eigenvalue weighted by molar-refractivity contribution is -0.137. The van der Waals surface area contributed by atoms with E-state index < -0.39 is 5.97 Å². The quantitative estimate of drug-likeness (QED) is 0.475. The molecule has 35 heavy (non-hydrogen) atoms. The number of piperidine rings is 1. The third-order valence-corrected chi connectivity index (χ3v) is 7.09. The summed E-state index contributed by atoms with van der Waals surface area (Å²) in [6.07, 6.45) is 4.78. The van der Waals surface area contributed by atoms with Crippen molar-refractivity contribution in [3.63, 3.8) is 0 Å². The van der Waals surface area contributed by atoms with E-state index in [-0.39, 0.29) is 24.3 Å². The third-order valence-electron chi connectivity index (χ3n) is 5.78. The lowest BCUT2D eigenvalue weighted by Crippen LogP contribution is -2.41. The Balaban J connectivity index is 1.21. The van der Waals surface area contributed by atoms with Gasteiger partial charge in [0.2, 0.25) is 5.16 Å². The summed E-state index contributed by atoms with van der Waals surface area (Å²) in [7, 11) is 0. The summed E-state index contributed by atoms with van der Waals surface area (Å²) in [4.78, 5) is 29.6. The number of hydrogen-bond donors (Lipinski definition) is 1. The van der Waals surface area contributed by atoms with Gasteiger partial charge >= 0.3 is 12.1 Å². The molecule has 0 atom stereocenters. The maximum atomic E-state index is 12.6. The first kappa shape index (κ1) is 24.6. The largest absolute Gasteiger partial charge is 0.481 e. The van der Waals surface area contributed by atoms with E-state index in [9.17, 15) is 9.59 Å². The number of carboxylic acid groups (broad SMARTS) is 1. The van der Waals surface area contributed by atoms with E-state index in [1.807, 2.05) is 37.4 Å². The molecule has 4 rings (SSSR count). The topological polar surface area (TPSA) is 123 Å². The van der Waals surface area contributed by atoms with Crippen LogP contribution in [0, 0.1) is 6.92 Å². The van der Waals surface area contributed by atoms with E-state index in [0.29, 0.717) is 24.0 Å². The van der Waals surface area contributed by atoms with Gasteiger partial charge in [-0.3, -0.25) is 9.78 Å². The molecule has 1 saturated heterocycles. The van der Waals surface area contributed by atoms with Crippen molar-refractivity contribution in [3.05, 3.63) is 59.4 Å². The number of aryl methyl sites for hydroxylation is 4. The van der Waals surface area contributed by atoms with Crippen LogP contribution in [0.25, 0.3) is 0 Å². The van der Waals surface area contributed by atoms with Crippen LogP contribution in [0.1, 0.15) is 36.1 Å². The molecule has 3 aromatic rings. The molecular weight excluding hydrogens is 468 g/mol. The lowest BCUT2D eigenvalue weighted by atomic mass is 10.1. The number of amides is 1. The Morgan fingerprint density at radius 1 is 1.11 bits per heavy atom. The normalized spacial score (nSPS) is 14.1. The predicted molar refractivity (Wildman–Crippen MR) is 129 cm³/mol. The number of pyridine rings is 1. The summed E-state index contributed by atoms with van der Waals surface area (Å²) in [6, 6.07) is 11.7. The van der Waals surface area contributed by atoms with Gasteiger partial charge in [-0.05, 0) is 72.4 Å². The highest BCUT2D eigenvalue weighted by molar-refractivity contribution is 7.99. The van der Waals surface area contributed by atoms with Gasteiger partial charge in [0.05, 0.1) is 13.0 Å². The first-order chi connectivity index (χ1) is 17.0. The van der Waals surface area contributed by atoms with Gasteiger partial charge in [-0.25, -0.2) is 9.48 Å². The Bertz CT molecular complexity index is 1130. The predicted octanol–water partition coefficient (Wildman–Crippen LogP) is 3.39. The Labute approximate surface area is 207 Å². The Hall–Kier alpha value is -3.47. The van der Waals surface area contributed by atoms with Crippen LogP contribution in [0.5, 0.6) is 5.75 Å². The number of nitrogens with zero attached hydrogens (tertiary/aromatic N) is 6. The Morgan fingerprint density at radius 3 is 2.57 bits per heavy atom. The number of carboxylic acids is 1. The summed E-state index contributed by atoms with van der Waals surface area (Å²) >= 11 is 1.52. The highest BCUT2D eigenvalue weighted by Gasteiger charge is 2.26. The number of thioether (sulfide) groups is 1. The van der Waals surface area contributed by atoms with E-state index >= 15 is 0 Å². The van der Waals surface area contributed by atoms with Gasteiger partial charge in [-0.2, -0.15) is 0 Å². The molecule has 0 saturated carbocycles. The van der Waals surface area contributed by atoms with Crippen LogP contribution >= 0.6 is 11.8 Å². The van der Waals surface area contributed by atoms with Crippen LogP contribution in [-0.4, -0.2) is 65.6 Å². The Morgan fingerprint density at radius 2 is 1.89 bits per heavy atom. The van der Waals surface area contributed by atoms with Crippen LogP contribution in [-0.2, 0) is 24.2 Å². The molecule has 1 aliphatic rings. The molecular formula is C24H28N6O4S. The summed E-state index contributed by atoms with van der Waals surface area (Å²) in [5.74, 6) is -0.362. The van der Waals surface area contributed by atoms with Gasteiger partial charge in [-0.15, -0.1) is 5.10 Å². The van der Waals surface area contributed by atoms with Crippen LogP contribution in [0.15, 0.2) is 47.8 Å². The summed E-state index contributed by atoms with van der Waals surface area (Å²) in [6.45, 7) is 3.41. The number of tetrazole rings is 1. The summed E-state index contributed by atoms with van der Waals surface area (Å²) < 4.78 is 7.09. The molecule has 0 aliphatic carbocycles. The second-order valence-electron chi connectivity index (χ2n) is 8.47. The standard InChI is InChI=1S/C24H28N6O4S/c1-17-2-6-19(25-16-17)7-3-18-4-8-20(9-5-18)34-24(33)29-13-10-21(11-14-29)35-23-26-27-28-30(23)15-12-22(31)32/h2,4-6,8-9,16,21H,3,7,10-15H2,1H3,(H,31,32). The fourth-order valence-corrected chi connectivity index (χ4v) is 4.81. The second kappa shape index (κ2) is 11.8. The van der Waals surface area contributed by atoms with Gasteiger partial charge in [0, 0.05) is 30.2 Å². The second-order valence-corrected chi connectivity index (χ2v) is 9.74. The lowest BCUT2D eigenvalue weighted by Gasteiger charge is -2.30. The first-order valence-corrected chi connectivity index (χ1v) is 12.5. The number of likely N-dealkylation sites (tertiary alicyclic amines) is 1. The molecule has 2 aromatic heterocycles. The van der Waals surface area contributed by atoms with Crippen LogP contribution in [0.2, 0.25) is 0 Å². The molecule has 3 heterocycles. The average Bonchev–Trinajstić information content (AvgIpc) is 3.30. The fourth-order valence-electron chi connectivity index (χ4n) is 3.74. The number of carbonyl (C=O) groups is 2. The van der Waals surface area contributed by atoms with Gasteiger partial charge in [0.25, 0.3) is 0 Å². The molecule has 1 fully saturated rings. The van der Waals surface area contributed by atoms with Crippen molar-refractivity contribution in [3.8, 4) is 5.75 Å². The molecule has 1 aromatic carbocycles. The molecule has 0 spiro atoms. The van der Waals surface area contributed by atoms with Crippen molar-refractivity contribution in [2.24, 2.45) is 0 Å². The SMILES string of the molecule is Cc1ccc(CCc2ccc(OC(=O)N3CCC(Sc4nnnn4CCC(=O)O)CC3)cc2)nc1. The third kappa shape index (κ3) is 7.25. The smallest absolute Gasteiger partial charge is 0.415 e. The van der Waals surface area contributed by atoms with Crippen molar-refractivity contribution < 1.29 is 19.4 Å². The molecule has 0 unspecified atom stereocenters. The zero-order valence-corrected chi connectivity index (χ0v) is 20.4. The molecule has 0 radical (unpaired) electrons. The minimum atomic E-state index is -0.891. The molecule has 1 amide bonds. The molecule has 0 bridgehead atoms. The minimum Gasteiger partial charge on any atom is -0.481 e. The maximum Gasteiger partial charge on any atom is 0.415 e. The van der Waals surface area contributed by atoms with Gasteiger partial charge in [-0.1, -0.05) is 30.0 Å². The van der Waals surface area contributed by atoms with Crippen molar-refractivity contribution in [2.75, 3.05) is 13.1 Å². The van der Waals surface area contributed by atoms with E-state index in [1.165, 1.54) is 16.4 Å². The number of carbonyl (C=O) groups excluding carboxylic acids is 1. The molecule has 11 heteroatoms. The molecule has 1 N–H and O–H groups in total. The fraction of sp³-hybridized carbons (Fsp3) is 0.417. The number of aliphatic carboxylic acids is 1. The van der Waals surface area contributed by atoms with E-state index in [0.717, 1.165) is 42.5 Å². The van der Waals surface area contributed by atoms with Crippen LogP contribution < -0.4 is 4.74 Å². The maximum absolute atomic E-state index is 12.6. The van der Waals surface area contributed by atoms with Crippen LogP contribution in [0.3, 0.4) is 0 Å². The monoisotopic (exact) mass is 496 g/mol. The summed E-state index contributed by atoms with van der Waals surface area (Å²) in [5, 5.41) is 21.2. The Kier molecular flexibility index (Phi) is 8.30. The molecule has 1 aliphatic heterocycles. The summed E-state index contributed by atoms with van der Waals surface area (Å²) in [5.41, 5.74) is 3.37. The number of benzene rings is 1. The molecule has 184 valence electrons. The minimum absolute atomic E-state index is 0.0339. The van der Waals surface area contributed by atoms with Crippen molar-refractivity contribution in [1.29, 1.82) is 0 Å². The van der Waals surface area contributed by atoms with Crippen LogP contribution in [0.4, 0.5) is 4.79 Å². The average molecular weight is 497 g/mol. The van der Waals surface area contributed by atoms with Crippen molar-refractivity contribution in [2.45, 2.75) is 56.0 Å². The highest BCUT2D eigenvalue weighted by Crippen LogP contribution is 2.29. The highest BCUT2D eigenvalue weighted by atomic mass is 32.2. The number of hydrogen-bond acceptors (Lipinski definition) is 8. The van der Waals surface area contributed by atoms with E-state index in [2.05, 4.69) is 32.6 Å². The van der Waals surface area contributed by atoms with Gasteiger partial charge in [0.15, 0.2) is 0 Å². The van der Waals surface area contributed by atoms with E-state index in [4.69, 9.17) is 9.84 Å². The number of aromatic nitrogens is 5. The van der Waals surface area contributed by atoms with Crippen molar-refractivity contribution >= 4 is 23.8 Å². The van der Waals surface area contributed by atoms with E-state index in [1.54, 1.807) is 4.90 Å². The van der Waals surface area contributed by atoms with Crippen molar-refractivity contribution in [1.82, 2.24) is 30.1 Å². The number of ether oxygens (including phenoxy) is 1. The molecule has 10 nitrogen and oxygen atoms in total. The number of rotatable bonds is 9. The zero-order valence-electron chi connectivity index (χ0n) is 19.5.